The number of hydrogen-bond acceptors (Lipinski definition) is 7. The fraction of sp³-hybridized carbons (Fsp3) is 0.647. The van der Waals surface area contributed by atoms with Crippen LogP contribution in [-0.4, -0.2) is 46.6 Å². The second-order valence-corrected chi connectivity index (χ2v) is 7.73. The highest BCUT2D eigenvalue weighted by Gasteiger charge is 2.55. The fourth-order valence-corrected chi connectivity index (χ4v) is 3.89. The van der Waals surface area contributed by atoms with Crippen molar-refractivity contribution in [2.24, 2.45) is 17.9 Å². The average Bonchev–Trinajstić information content (AvgIpc) is 2.55. The Kier molecular flexibility index (Phi) is 3.98. The van der Waals surface area contributed by atoms with Crippen LogP contribution in [0.15, 0.2) is 4.79 Å². The van der Waals surface area contributed by atoms with E-state index in [1.54, 1.807) is 0 Å². The molecule has 1 aliphatic heterocycles. The van der Waals surface area contributed by atoms with Gasteiger partial charge in [0.15, 0.2) is 0 Å². The van der Waals surface area contributed by atoms with Crippen molar-refractivity contribution in [3.05, 3.63) is 15.9 Å². The third kappa shape index (κ3) is 2.55. The number of aliphatic hydroxyl groups is 1. The Morgan fingerprint density at radius 2 is 1.76 bits per heavy atom. The van der Waals surface area contributed by atoms with Crippen LogP contribution < -0.4 is 15.2 Å². The van der Waals surface area contributed by atoms with Gasteiger partial charge in [-0.2, -0.15) is 4.98 Å². The summed E-state index contributed by atoms with van der Waals surface area (Å²) < 4.78 is 6.35. The van der Waals surface area contributed by atoms with Gasteiger partial charge in [0.2, 0.25) is 0 Å². The first-order chi connectivity index (χ1) is 11.6. The molecule has 0 radical (unpaired) electrons. The van der Waals surface area contributed by atoms with Crippen LogP contribution in [0.25, 0.3) is 0 Å². The molecule has 2 aliphatic rings. The third-order valence-corrected chi connectivity index (χ3v) is 5.26. The van der Waals surface area contributed by atoms with Crippen LogP contribution in [0.4, 0.5) is 5.82 Å². The van der Waals surface area contributed by atoms with Gasteiger partial charge >= 0.3 is 6.01 Å². The summed E-state index contributed by atoms with van der Waals surface area (Å²) in [6.07, 6.45) is 0.574. The summed E-state index contributed by atoms with van der Waals surface area (Å²) in [5.41, 5.74) is -1.77. The number of carbonyl (C=O) groups excluding carboxylic acids is 2. The molecular weight excluding hydrogens is 326 g/mol. The molecule has 1 aromatic rings. The summed E-state index contributed by atoms with van der Waals surface area (Å²) in [4.78, 5) is 44.2. The van der Waals surface area contributed by atoms with Gasteiger partial charge in [-0.1, -0.05) is 13.8 Å². The smallest absolute Gasteiger partial charge is 0.300 e. The second kappa shape index (κ2) is 5.66. The lowest BCUT2D eigenvalue weighted by Crippen LogP contribution is -2.58. The molecule has 136 valence electrons. The van der Waals surface area contributed by atoms with Crippen molar-refractivity contribution in [2.75, 3.05) is 25.3 Å². The molecule has 1 aliphatic carbocycles. The SMILES string of the molecule is COc1nc2c(c(=O)n1C)CC1(CN2CO)C(=O)CC(C)(C)CC1=O. The average molecular weight is 349 g/mol. The lowest BCUT2D eigenvalue weighted by atomic mass is 9.60. The molecule has 25 heavy (non-hydrogen) atoms. The molecule has 0 bridgehead atoms. The van der Waals surface area contributed by atoms with Gasteiger partial charge in [-0.15, -0.1) is 0 Å². The molecule has 1 N–H and O–H groups in total. The third-order valence-electron chi connectivity index (χ3n) is 5.26. The standard InChI is InChI=1S/C17H23N3O5/c1-16(2)6-11(22)17(12(23)7-16)5-10-13(20(8-17)9-21)18-15(25-4)19(3)14(10)24/h21H,5-9H2,1-4H3. The summed E-state index contributed by atoms with van der Waals surface area (Å²) in [6, 6.07) is 0.112. The Hall–Kier alpha value is -2.22. The first-order valence-corrected chi connectivity index (χ1v) is 8.21. The number of carbonyl (C=O) groups is 2. The number of rotatable bonds is 2. The van der Waals surface area contributed by atoms with E-state index in [1.165, 1.54) is 23.6 Å². The molecule has 1 saturated carbocycles. The van der Waals surface area contributed by atoms with E-state index in [4.69, 9.17) is 4.74 Å². The van der Waals surface area contributed by atoms with Gasteiger partial charge in [0.05, 0.1) is 12.7 Å². The van der Waals surface area contributed by atoms with Crippen molar-refractivity contribution in [2.45, 2.75) is 33.1 Å². The Balaban J connectivity index is 2.16. The number of anilines is 1. The van der Waals surface area contributed by atoms with Crippen molar-refractivity contribution < 1.29 is 19.4 Å². The highest BCUT2D eigenvalue weighted by molar-refractivity contribution is 6.11. The summed E-state index contributed by atoms with van der Waals surface area (Å²) in [6.45, 7) is 3.37. The van der Waals surface area contributed by atoms with E-state index in [9.17, 15) is 19.5 Å². The van der Waals surface area contributed by atoms with E-state index in [0.29, 0.717) is 0 Å². The lowest BCUT2D eigenvalue weighted by Gasteiger charge is -2.46. The maximum atomic E-state index is 12.9. The van der Waals surface area contributed by atoms with Gasteiger partial charge in [-0.3, -0.25) is 19.0 Å². The Bertz CT molecular complexity index is 791. The zero-order valence-electron chi connectivity index (χ0n) is 15.0. The zero-order valence-corrected chi connectivity index (χ0v) is 15.0. The quantitative estimate of drug-likeness (QED) is 0.753. The monoisotopic (exact) mass is 349 g/mol. The normalized spacial score (nSPS) is 21.4. The van der Waals surface area contributed by atoms with Crippen LogP contribution in [0.5, 0.6) is 6.01 Å². The van der Waals surface area contributed by atoms with Crippen molar-refractivity contribution in [3.63, 3.8) is 0 Å². The Labute approximate surface area is 145 Å². The van der Waals surface area contributed by atoms with Gasteiger partial charge < -0.3 is 14.7 Å². The molecule has 0 amide bonds. The summed E-state index contributed by atoms with van der Waals surface area (Å²) in [7, 11) is 2.92. The number of Topliss-reactive ketones (excluding diaryl/α,β-unsaturated/α-hetero) is 2. The van der Waals surface area contributed by atoms with Gasteiger partial charge in [0.25, 0.3) is 5.56 Å². The van der Waals surface area contributed by atoms with Crippen LogP contribution in [0, 0.1) is 10.8 Å². The van der Waals surface area contributed by atoms with Crippen molar-refractivity contribution in [1.82, 2.24) is 9.55 Å². The van der Waals surface area contributed by atoms with E-state index in [-0.39, 0.29) is 65.7 Å². The van der Waals surface area contributed by atoms with Crippen LogP contribution >= 0.6 is 0 Å². The van der Waals surface area contributed by atoms with Crippen LogP contribution in [0.1, 0.15) is 32.3 Å². The minimum atomic E-state index is -1.28. The predicted molar refractivity (Wildman–Crippen MR) is 89.6 cm³/mol. The molecule has 1 fully saturated rings. The van der Waals surface area contributed by atoms with Gasteiger partial charge in [-0.25, -0.2) is 0 Å². The fourth-order valence-electron chi connectivity index (χ4n) is 3.89. The molecule has 1 spiro atoms. The molecule has 2 heterocycles. The Morgan fingerprint density at radius 3 is 2.28 bits per heavy atom. The molecule has 8 heteroatoms. The first kappa shape index (κ1) is 17.6. The molecule has 0 unspecified atom stereocenters. The van der Waals surface area contributed by atoms with E-state index in [2.05, 4.69) is 4.98 Å². The zero-order chi connectivity index (χ0) is 18.6. The number of ketones is 2. The van der Waals surface area contributed by atoms with Crippen molar-refractivity contribution >= 4 is 17.4 Å². The van der Waals surface area contributed by atoms with E-state index >= 15 is 0 Å². The van der Waals surface area contributed by atoms with E-state index in [0.717, 1.165) is 0 Å². The number of aliphatic hydroxyl groups excluding tert-OH is 1. The van der Waals surface area contributed by atoms with Gasteiger partial charge in [0, 0.05) is 32.9 Å². The Morgan fingerprint density at radius 1 is 1.16 bits per heavy atom. The number of hydrogen-bond donors (Lipinski definition) is 1. The number of nitrogens with zero attached hydrogens (tertiary/aromatic N) is 3. The molecular formula is C17H23N3O5. The maximum Gasteiger partial charge on any atom is 0.300 e. The van der Waals surface area contributed by atoms with Crippen LogP contribution in [-0.2, 0) is 23.1 Å². The summed E-state index contributed by atoms with van der Waals surface area (Å²) in [5, 5.41) is 9.76. The summed E-state index contributed by atoms with van der Waals surface area (Å²) >= 11 is 0. The van der Waals surface area contributed by atoms with Crippen LogP contribution in [0.3, 0.4) is 0 Å². The molecule has 8 nitrogen and oxygen atoms in total. The number of fused-ring (bicyclic) bond motifs is 1. The molecule has 3 rings (SSSR count). The minimum Gasteiger partial charge on any atom is -0.468 e. The molecule has 0 atom stereocenters. The van der Waals surface area contributed by atoms with E-state index < -0.39 is 12.1 Å². The predicted octanol–water partition coefficient (Wildman–Crippen LogP) is 0.0458. The van der Waals surface area contributed by atoms with Crippen molar-refractivity contribution in [1.29, 1.82) is 0 Å². The second-order valence-electron chi connectivity index (χ2n) is 7.73. The van der Waals surface area contributed by atoms with Gasteiger partial charge in [-0.05, 0) is 5.41 Å². The molecule has 0 aromatic carbocycles. The van der Waals surface area contributed by atoms with Crippen molar-refractivity contribution in [3.8, 4) is 6.01 Å². The summed E-state index contributed by atoms with van der Waals surface area (Å²) in [5.74, 6) is -0.0649. The lowest BCUT2D eigenvalue weighted by molar-refractivity contribution is -0.148. The molecule has 0 saturated heterocycles. The number of aromatic nitrogens is 2. The van der Waals surface area contributed by atoms with Gasteiger partial charge in [0.1, 0.15) is 29.5 Å². The van der Waals surface area contributed by atoms with E-state index in [1.807, 2.05) is 13.8 Å². The highest BCUT2D eigenvalue weighted by atomic mass is 16.5. The topological polar surface area (TPSA) is 102 Å². The maximum absolute atomic E-state index is 12.9. The first-order valence-electron chi connectivity index (χ1n) is 8.21. The number of ether oxygens (including phenoxy) is 1. The molecule has 1 aromatic heterocycles. The highest BCUT2D eigenvalue weighted by Crippen LogP contribution is 2.45. The van der Waals surface area contributed by atoms with Crippen LogP contribution in [0.2, 0.25) is 0 Å². The minimum absolute atomic E-state index is 0.0241. The number of methoxy groups -OCH3 is 1. The largest absolute Gasteiger partial charge is 0.468 e.